The quantitative estimate of drug-likeness (QED) is 0.640. The van der Waals surface area contributed by atoms with Gasteiger partial charge >= 0.3 is 0 Å². The maximum absolute atomic E-state index is 4.12. The van der Waals surface area contributed by atoms with Gasteiger partial charge in [-0.05, 0) is 13.0 Å². The van der Waals surface area contributed by atoms with E-state index in [1.165, 1.54) is 0 Å². The van der Waals surface area contributed by atoms with Crippen molar-refractivity contribution in [3.05, 3.63) is 12.7 Å². The molecule has 2 heterocycles. The van der Waals surface area contributed by atoms with Crippen LogP contribution in [0.25, 0.3) is 0 Å². The Hall–Kier alpha value is -1.23. The molecule has 0 bridgehead atoms. The van der Waals surface area contributed by atoms with Gasteiger partial charge in [-0.2, -0.15) is 0 Å². The first-order chi connectivity index (χ1) is 6.47. The summed E-state index contributed by atoms with van der Waals surface area (Å²) in [5.41, 5.74) is 0. The van der Waals surface area contributed by atoms with Gasteiger partial charge in [-0.1, -0.05) is 0 Å². The normalized spacial score (nSPS) is 18.3. The fourth-order valence-electron chi connectivity index (χ4n) is 1.44. The van der Waals surface area contributed by atoms with E-state index in [0.717, 1.165) is 38.5 Å². The summed E-state index contributed by atoms with van der Waals surface area (Å²) in [6, 6.07) is 0. The van der Waals surface area contributed by atoms with E-state index in [0.29, 0.717) is 0 Å². The molecule has 1 saturated heterocycles. The first-order valence-corrected chi connectivity index (χ1v) is 4.54. The molecule has 5 heteroatoms. The van der Waals surface area contributed by atoms with Gasteiger partial charge in [0.25, 0.3) is 0 Å². The minimum absolute atomic E-state index is 0.790. The molecule has 0 aliphatic carbocycles. The summed E-state index contributed by atoms with van der Waals surface area (Å²) in [7, 11) is 0. The molecule has 1 aliphatic heterocycles. The van der Waals surface area contributed by atoms with E-state index in [1.54, 1.807) is 12.7 Å². The molecular weight excluding hydrogens is 166 g/mol. The Bertz CT molecular complexity index is 242. The van der Waals surface area contributed by atoms with E-state index < -0.39 is 0 Å². The Morgan fingerprint density at radius 1 is 1.15 bits per heavy atom. The van der Waals surface area contributed by atoms with Gasteiger partial charge in [-0.15, -0.1) is 0 Å². The Kier molecular flexibility index (Phi) is 2.66. The number of anilines is 1. The lowest BCUT2D eigenvalue weighted by Crippen LogP contribution is -2.29. The number of nitrogens with one attached hydrogen (secondary N) is 1. The predicted molar refractivity (Wildman–Crippen MR) is 49.5 cm³/mol. The summed E-state index contributed by atoms with van der Waals surface area (Å²) in [6.45, 7) is 4.09. The van der Waals surface area contributed by atoms with Crippen molar-refractivity contribution in [2.75, 3.05) is 31.1 Å². The molecule has 0 saturated carbocycles. The first-order valence-electron chi connectivity index (χ1n) is 4.54. The molecule has 1 N–H and O–H groups in total. The maximum Gasteiger partial charge on any atom is 0.228 e. The zero-order valence-electron chi connectivity index (χ0n) is 7.48. The van der Waals surface area contributed by atoms with Crippen LogP contribution in [0.4, 0.5) is 5.95 Å². The molecule has 0 radical (unpaired) electrons. The van der Waals surface area contributed by atoms with Crippen LogP contribution in [0, 0.1) is 0 Å². The molecule has 0 aromatic carbocycles. The monoisotopic (exact) mass is 179 g/mol. The summed E-state index contributed by atoms with van der Waals surface area (Å²) in [5, 5.41) is 3.33. The summed E-state index contributed by atoms with van der Waals surface area (Å²) in [6.07, 6.45) is 4.23. The van der Waals surface area contributed by atoms with Gasteiger partial charge < -0.3 is 10.2 Å². The Morgan fingerprint density at radius 2 is 2.00 bits per heavy atom. The van der Waals surface area contributed by atoms with E-state index in [4.69, 9.17) is 0 Å². The highest BCUT2D eigenvalue weighted by atomic mass is 15.3. The highest BCUT2D eigenvalue weighted by molar-refractivity contribution is 5.27. The highest BCUT2D eigenvalue weighted by Crippen LogP contribution is 2.05. The molecule has 1 fully saturated rings. The second-order valence-electron chi connectivity index (χ2n) is 3.03. The van der Waals surface area contributed by atoms with Crippen LogP contribution >= 0.6 is 0 Å². The van der Waals surface area contributed by atoms with Crippen LogP contribution < -0.4 is 10.2 Å². The zero-order valence-corrected chi connectivity index (χ0v) is 7.48. The van der Waals surface area contributed by atoms with Crippen molar-refractivity contribution in [3.8, 4) is 0 Å². The van der Waals surface area contributed by atoms with Crippen molar-refractivity contribution < 1.29 is 0 Å². The second kappa shape index (κ2) is 4.13. The summed E-state index contributed by atoms with van der Waals surface area (Å²) in [4.78, 5) is 14.2. The first kappa shape index (κ1) is 8.37. The molecule has 2 rings (SSSR count). The third-order valence-electron chi connectivity index (χ3n) is 2.10. The van der Waals surface area contributed by atoms with Gasteiger partial charge in [0, 0.05) is 19.6 Å². The van der Waals surface area contributed by atoms with Gasteiger partial charge in [0.05, 0.1) is 0 Å². The van der Waals surface area contributed by atoms with Crippen molar-refractivity contribution in [2.45, 2.75) is 6.42 Å². The SMILES string of the molecule is c1ncnc(N2CCCNCC2)n1. The van der Waals surface area contributed by atoms with E-state index in [2.05, 4.69) is 25.2 Å². The molecule has 0 unspecified atom stereocenters. The number of hydrogen-bond donors (Lipinski definition) is 1. The molecule has 5 nitrogen and oxygen atoms in total. The largest absolute Gasteiger partial charge is 0.339 e. The lowest BCUT2D eigenvalue weighted by Gasteiger charge is -2.18. The van der Waals surface area contributed by atoms with Gasteiger partial charge in [0.1, 0.15) is 12.7 Å². The molecule has 70 valence electrons. The fraction of sp³-hybridized carbons (Fsp3) is 0.625. The number of hydrogen-bond acceptors (Lipinski definition) is 5. The Balaban J connectivity index is 2.06. The van der Waals surface area contributed by atoms with Crippen LogP contribution in [0.1, 0.15) is 6.42 Å². The molecule has 13 heavy (non-hydrogen) atoms. The lowest BCUT2D eigenvalue weighted by atomic mass is 10.4. The third kappa shape index (κ3) is 2.12. The average Bonchev–Trinajstić information content (AvgIpc) is 2.47. The van der Waals surface area contributed by atoms with Crippen LogP contribution in [0.15, 0.2) is 12.7 Å². The number of rotatable bonds is 1. The number of nitrogens with zero attached hydrogens (tertiary/aromatic N) is 4. The standard InChI is InChI=1S/C8H13N5/c1-2-9-3-5-13(4-1)8-11-6-10-7-12-8/h6-7,9H,1-5H2. The molecular formula is C8H13N5. The van der Waals surface area contributed by atoms with Crippen LogP contribution in [0.3, 0.4) is 0 Å². The van der Waals surface area contributed by atoms with Crippen LogP contribution in [-0.4, -0.2) is 41.1 Å². The van der Waals surface area contributed by atoms with Gasteiger partial charge in [-0.25, -0.2) is 15.0 Å². The molecule has 0 atom stereocenters. The van der Waals surface area contributed by atoms with Crippen molar-refractivity contribution in [3.63, 3.8) is 0 Å². The number of aromatic nitrogens is 3. The van der Waals surface area contributed by atoms with Crippen molar-refractivity contribution in [1.82, 2.24) is 20.3 Å². The fourth-order valence-corrected chi connectivity index (χ4v) is 1.44. The highest BCUT2D eigenvalue weighted by Gasteiger charge is 2.10. The predicted octanol–water partition coefficient (Wildman–Crippen LogP) is -0.329. The minimum atomic E-state index is 0.790. The van der Waals surface area contributed by atoms with E-state index in [-0.39, 0.29) is 0 Å². The molecule has 0 spiro atoms. The Morgan fingerprint density at radius 3 is 2.85 bits per heavy atom. The summed E-state index contributed by atoms with van der Waals surface area (Å²) < 4.78 is 0. The van der Waals surface area contributed by atoms with Crippen molar-refractivity contribution >= 4 is 5.95 Å². The zero-order chi connectivity index (χ0) is 8.93. The maximum atomic E-state index is 4.12. The third-order valence-corrected chi connectivity index (χ3v) is 2.10. The molecule has 1 aromatic rings. The van der Waals surface area contributed by atoms with Crippen molar-refractivity contribution in [1.29, 1.82) is 0 Å². The van der Waals surface area contributed by atoms with Gasteiger partial charge in [0.2, 0.25) is 5.95 Å². The topological polar surface area (TPSA) is 53.9 Å². The smallest absolute Gasteiger partial charge is 0.228 e. The average molecular weight is 179 g/mol. The van der Waals surface area contributed by atoms with E-state index >= 15 is 0 Å². The molecule has 1 aromatic heterocycles. The van der Waals surface area contributed by atoms with Crippen LogP contribution in [-0.2, 0) is 0 Å². The van der Waals surface area contributed by atoms with Gasteiger partial charge in [-0.3, -0.25) is 0 Å². The van der Waals surface area contributed by atoms with Crippen LogP contribution in [0.2, 0.25) is 0 Å². The molecule has 1 aliphatic rings. The Labute approximate surface area is 77.2 Å². The lowest BCUT2D eigenvalue weighted by molar-refractivity contribution is 0.724. The van der Waals surface area contributed by atoms with Crippen molar-refractivity contribution in [2.24, 2.45) is 0 Å². The minimum Gasteiger partial charge on any atom is -0.339 e. The summed E-state index contributed by atoms with van der Waals surface area (Å²) >= 11 is 0. The molecule has 0 amide bonds. The van der Waals surface area contributed by atoms with Crippen LogP contribution in [0.5, 0.6) is 0 Å². The summed E-state index contributed by atoms with van der Waals surface area (Å²) in [5.74, 6) is 0.790. The van der Waals surface area contributed by atoms with E-state index in [1.807, 2.05) is 0 Å². The van der Waals surface area contributed by atoms with Gasteiger partial charge in [0.15, 0.2) is 0 Å². The second-order valence-corrected chi connectivity index (χ2v) is 3.03. The van der Waals surface area contributed by atoms with E-state index in [9.17, 15) is 0 Å².